The molecular formula is C11H18ClN3O. The van der Waals surface area contributed by atoms with Gasteiger partial charge in [0, 0.05) is 18.8 Å². The summed E-state index contributed by atoms with van der Waals surface area (Å²) in [6.45, 7) is 2.49. The van der Waals surface area contributed by atoms with Crippen molar-refractivity contribution in [2.24, 2.45) is 0 Å². The molecule has 2 heterocycles. The summed E-state index contributed by atoms with van der Waals surface area (Å²) in [6.07, 6.45) is 4.12. The molecule has 1 atom stereocenters. The van der Waals surface area contributed by atoms with Crippen LogP contribution in [-0.2, 0) is 0 Å². The van der Waals surface area contributed by atoms with Crippen molar-refractivity contribution < 1.29 is 4.79 Å². The van der Waals surface area contributed by atoms with Crippen LogP contribution in [0.1, 0.15) is 23.3 Å². The molecule has 1 aliphatic rings. The van der Waals surface area contributed by atoms with Gasteiger partial charge in [-0.1, -0.05) is 0 Å². The Labute approximate surface area is 102 Å². The van der Waals surface area contributed by atoms with Crippen molar-refractivity contribution in [1.29, 1.82) is 0 Å². The Morgan fingerprint density at radius 2 is 2.44 bits per heavy atom. The number of halogens is 1. The van der Waals surface area contributed by atoms with Crippen molar-refractivity contribution in [2.75, 3.05) is 19.6 Å². The molecule has 0 bridgehead atoms. The van der Waals surface area contributed by atoms with Crippen LogP contribution in [0.15, 0.2) is 18.3 Å². The Bertz CT molecular complexity index is 307. The van der Waals surface area contributed by atoms with E-state index in [-0.39, 0.29) is 18.2 Å². The number of hydrogen-bond donors (Lipinski definition) is 3. The van der Waals surface area contributed by atoms with E-state index in [1.54, 1.807) is 6.20 Å². The molecule has 1 saturated heterocycles. The van der Waals surface area contributed by atoms with Gasteiger partial charge in [-0.15, -0.1) is 12.4 Å². The smallest absolute Gasteiger partial charge is 0.192 e. The molecule has 90 valence electrons. The molecule has 0 radical (unpaired) electrons. The number of carbonyl (C=O) groups excluding carboxylic acids is 1. The Morgan fingerprint density at radius 3 is 3.06 bits per heavy atom. The van der Waals surface area contributed by atoms with E-state index in [9.17, 15) is 4.79 Å². The van der Waals surface area contributed by atoms with E-state index < -0.39 is 0 Å². The fraction of sp³-hybridized carbons (Fsp3) is 0.545. The lowest BCUT2D eigenvalue weighted by Crippen LogP contribution is -2.44. The Hall–Kier alpha value is -0.840. The predicted octanol–water partition coefficient (Wildman–Crippen LogP) is 0.961. The maximum Gasteiger partial charge on any atom is 0.192 e. The Balaban J connectivity index is 0.00000128. The topological polar surface area (TPSA) is 56.9 Å². The minimum Gasteiger partial charge on any atom is -0.359 e. The zero-order chi connectivity index (χ0) is 10.5. The molecule has 2 rings (SSSR count). The van der Waals surface area contributed by atoms with Gasteiger partial charge >= 0.3 is 0 Å². The summed E-state index contributed by atoms with van der Waals surface area (Å²) < 4.78 is 0. The van der Waals surface area contributed by atoms with Gasteiger partial charge in [0.1, 0.15) is 0 Å². The lowest BCUT2D eigenvalue weighted by atomic mass is 10.1. The third kappa shape index (κ3) is 3.63. The quantitative estimate of drug-likeness (QED) is 0.691. The first-order valence-electron chi connectivity index (χ1n) is 5.47. The minimum atomic E-state index is 0. The maximum absolute atomic E-state index is 11.6. The lowest BCUT2D eigenvalue weighted by Gasteiger charge is -2.23. The molecule has 0 aromatic carbocycles. The second kappa shape index (κ2) is 6.68. The van der Waals surface area contributed by atoms with Crippen LogP contribution in [-0.4, -0.2) is 36.4 Å². The molecule has 16 heavy (non-hydrogen) atoms. The highest BCUT2D eigenvalue weighted by atomic mass is 35.5. The molecule has 1 aromatic heterocycles. The van der Waals surface area contributed by atoms with Crippen molar-refractivity contribution in [3.8, 4) is 0 Å². The largest absolute Gasteiger partial charge is 0.359 e. The van der Waals surface area contributed by atoms with E-state index in [4.69, 9.17) is 0 Å². The van der Waals surface area contributed by atoms with E-state index in [1.807, 2.05) is 12.1 Å². The van der Waals surface area contributed by atoms with Gasteiger partial charge in [0.05, 0.1) is 12.2 Å². The van der Waals surface area contributed by atoms with E-state index in [1.165, 1.54) is 6.42 Å². The van der Waals surface area contributed by atoms with Gasteiger partial charge in [-0.2, -0.15) is 0 Å². The molecule has 0 saturated carbocycles. The fourth-order valence-electron chi connectivity index (χ4n) is 1.86. The summed E-state index contributed by atoms with van der Waals surface area (Å²) in [7, 11) is 0. The van der Waals surface area contributed by atoms with Crippen LogP contribution in [0, 0.1) is 0 Å². The SMILES string of the molecule is Cl.O=C(CNC1CCCNC1)c1ccc[nH]1. The third-order valence-corrected chi connectivity index (χ3v) is 2.75. The van der Waals surface area contributed by atoms with Crippen LogP contribution in [0.4, 0.5) is 0 Å². The van der Waals surface area contributed by atoms with Crippen molar-refractivity contribution >= 4 is 18.2 Å². The summed E-state index contributed by atoms with van der Waals surface area (Å²) in [6, 6.07) is 4.09. The summed E-state index contributed by atoms with van der Waals surface area (Å²) in [5, 5.41) is 6.59. The predicted molar refractivity (Wildman–Crippen MR) is 66.3 cm³/mol. The number of aromatic nitrogens is 1. The Kier molecular flexibility index (Phi) is 5.52. The average Bonchev–Trinajstić information content (AvgIpc) is 2.81. The van der Waals surface area contributed by atoms with Gasteiger partial charge < -0.3 is 15.6 Å². The van der Waals surface area contributed by atoms with Crippen LogP contribution < -0.4 is 10.6 Å². The summed E-state index contributed by atoms with van der Waals surface area (Å²) in [5.41, 5.74) is 0.686. The van der Waals surface area contributed by atoms with Gasteiger partial charge in [-0.05, 0) is 31.5 Å². The molecule has 1 aliphatic heterocycles. The number of carbonyl (C=O) groups is 1. The normalized spacial score (nSPS) is 20.1. The second-order valence-corrected chi connectivity index (χ2v) is 3.93. The first-order chi connectivity index (χ1) is 7.36. The van der Waals surface area contributed by atoms with E-state index in [0.717, 1.165) is 19.5 Å². The van der Waals surface area contributed by atoms with E-state index >= 15 is 0 Å². The minimum absolute atomic E-state index is 0. The number of piperidine rings is 1. The van der Waals surface area contributed by atoms with Gasteiger partial charge in [-0.25, -0.2) is 0 Å². The second-order valence-electron chi connectivity index (χ2n) is 3.93. The van der Waals surface area contributed by atoms with Crippen LogP contribution >= 0.6 is 12.4 Å². The van der Waals surface area contributed by atoms with Gasteiger partial charge in [0.25, 0.3) is 0 Å². The zero-order valence-corrected chi connectivity index (χ0v) is 9.98. The molecule has 3 N–H and O–H groups in total. The standard InChI is InChI=1S/C11H17N3O.ClH/c15-11(10-4-2-6-13-10)8-14-9-3-1-5-12-7-9;/h2,4,6,9,12-14H,1,3,5,7-8H2;1H. The first kappa shape index (κ1) is 13.2. The monoisotopic (exact) mass is 243 g/mol. The first-order valence-corrected chi connectivity index (χ1v) is 5.47. The molecule has 0 aliphatic carbocycles. The molecule has 1 unspecified atom stereocenters. The van der Waals surface area contributed by atoms with Crippen LogP contribution in [0.3, 0.4) is 0 Å². The van der Waals surface area contributed by atoms with Gasteiger partial charge in [0.15, 0.2) is 5.78 Å². The Morgan fingerprint density at radius 1 is 1.56 bits per heavy atom. The third-order valence-electron chi connectivity index (χ3n) is 2.75. The number of hydrogen-bond acceptors (Lipinski definition) is 3. The van der Waals surface area contributed by atoms with Crippen LogP contribution in [0.2, 0.25) is 0 Å². The van der Waals surface area contributed by atoms with Crippen LogP contribution in [0.5, 0.6) is 0 Å². The molecule has 0 amide bonds. The number of Topliss-reactive ketones (excluding diaryl/α,β-unsaturated/α-hetero) is 1. The number of nitrogens with one attached hydrogen (secondary N) is 3. The highest BCUT2D eigenvalue weighted by Crippen LogP contribution is 2.01. The molecule has 0 spiro atoms. The highest BCUT2D eigenvalue weighted by molar-refractivity contribution is 5.95. The van der Waals surface area contributed by atoms with E-state index in [0.29, 0.717) is 18.3 Å². The zero-order valence-electron chi connectivity index (χ0n) is 9.16. The fourth-order valence-corrected chi connectivity index (χ4v) is 1.86. The number of aromatic amines is 1. The van der Waals surface area contributed by atoms with E-state index in [2.05, 4.69) is 15.6 Å². The van der Waals surface area contributed by atoms with Crippen molar-refractivity contribution in [3.63, 3.8) is 0 Å². The number of rotatable bonds is 4. The summed E-state index contributed by atoms with van der Waals surface area (Å²) in [5.74, 6) is 0.130. The molecule has 5 heteroatoms. The summed E-state index contributed by atoms with van der Waals surface area (Å²) >= 11 is 0. The number of H-pyrrole nitrogens is 1. The van der Waals surface area contributed by atoms with Gasteiger partial charge in [-0.3, -0.25) is 4.79 Å². The average molecular weight is 244 g/mol. The number of ketones is 1. The van der Waals surface area contributed by atoms with Crippen molar-refractivity contribution in [1.82, 2.24) is 15.6 Å². The van der Waals surface area contributed by atoms with Crippen LogP contribution in [0.25, 0.3) is 0 Å². The van der Waals surface area contributed by atoms with Crippen molar-refractivity contribution in [2.45, 2.75) is 18.9 Å². The molecule has 4 nitrogen and oxygen atoms in total. The molecule has 1 fully saturated rings. The molecule has 1 aromatic rings. The maximum atomic E-state index is 11.6. The van der Waals surface area contributed by atoms with Crippen molar-refractivity contribution in [3.05, 3.63) is 24.0 Å². The lowest BCUT2D eigenvalue weighted by molar-refractivity contribution is 0.0981. The highest BCUT2D eigenvalue weighted by Gasteiger charge is 2.14. The summed E-state index contributed by atoms with van der Waals surface area (Å²) in [4.78, 5) is 14.6. The molecular weight excluding hydrogens is 226 g/mol. The van der Waals surface area contributed by atoms with Gasteiger partial charge in [0.2, 0.25) is 0 Å².